The second kappa shape index (κ2) is 6.96. The summed E-state index contributed by atoms with van der Waals surface area (Å²) in [6, 6.07) is 16.9. The van der Waals surface area contributed by atoms with Crippen molar-refractivity contribution in [1.82, 2.24) is 0 Å². The predicted molar refractivity (Wildman–Crippen MR) is 78.4 cm³/mol. The molecule has 2 rings (SSSR count). The molecular weight excluding hydrogens is 276 g/mol. The third-order valence-corrected chi connectivity index (χ3v) is 3.28. The van der Waals surface area contributed by atoms with Crippen LogP contribution in [0.4, 0.5) is 0 Å². The molecule has 0 saturated heterocycles. The number of aliphatic carboxylic acids is 1. The Morgan fingerprint density at radius 3 is 2.50 bits per heavy atom. The highest BCUT2D eigenvalue weighted by Crippen LogP contribution is 2.30. The van der Waals surface area contributed by atoms with Crippen molar-refractivity contribution in [3.63, 3.8) is 0 Å². The van der Waals surface area contributed by atoms with Crippen molar-refractivity contribution in [1.29, 1.82) is 0 Å². The molecule has 0 aliphatic heterocycles. The SMILES string of the molecule is O=C(O)CCC(Cl)c1cccc(Oc2ccccc2)c1. The Labute approximate surface area is 122 Å². The molecule has 0 aliphatic carbocycles. The predicted octanol–water partition coefficient (Wildman–Crippen LogP) is 4.62. The van der Waals surface area contributed by atoms with Crippen molar-refractivity contribution in [2.45, 2.75) is 18.2 Å². The number of alkyl halides is 1. The molecule has 0 spiro atoms. The standard InChI is InChI=1S/C16H15ClO3/c17-15(9-10-16(18)19)12-5-4-8-14(11-12)20-13-6-2-1-3-7-13/h1-8,11,15H,9-10H2,(H,18,19). The number of hydrogen-bond donors (Lipinski definition) is 1. The highest BCUT2D eigenvalue weighted by atomic mass is 35.5. The van der Waals surface area contributed by atoms with Gasteiger partial charge in [0, 0.05) is 6.42 Å². The molecule has 1 unspecified atom stereocenters. The van der Waals surface area contributed by atoms with E-state index in [1.807, 2.05) is 54.6 Å². The van der Waals surface area contributed by atoms with Gasteiger partial charge in [-0.2, -0.15) is 0 Å². The average Bonchev–Trinajstić information content (AvgIpc) is 2.46. The lowest BCUT2D eigenvalue weighted by molar-refractivity contribution is -0.137. The van der Waals surface area contributed by atoms with Crippen molar-refractivity contribution in [2.24, 2.45) is 0 Å². The lowest BCUT2D eigenvalue weighted by Crippen LogP contribution is -1.98. The second-order valence-electron chi connectivity index (χ2n) is 4.39. The molecule has 0 heterocycles. The van der Waals surface area contributed by atoms with Gasteiger partial charge >= 0.3 is 5.97 Å². The van der Waals surface area contributed by atoms with Crippen LogP contribution < -0.4 is 4.74 Å². The minimum atomic E-state index is -0.840. The summed E-state index contributed by atoms with van der Waals surface area (Å²) in [5.41, 5.74) is 0.862. The van der Waals surface area contributed by atoms with Crippen LogP contribution in [0, 0.1) is 0 Å². The minimum absolute atomic E-state index is 0.0535. The number of carboxylic acid groups (broad SMARTS) is 1. The number of halogens is 1. The van der Waals surface area contributed by atoms with Gasteiger partial charge in [-0.25, -0.2) is 0 Å². The number of ether oxygens (including phenoxy) is 1. The van der Waals surface area contributed by atoms with Crippen LogP contribution in [-0.2, 0) is 4.79 Å². The summed E-state index contributed by atoms with van der Waals surface area (Å²) in [7, 11) is 0. The third kappa shape index (κ3) is 4.28. The summed E-state index contributed by atoms with van der Waals surface area (Å²) in [6.07, 6.45) is 0.448. The van der Waals surface area contributed by atoms with E-state index in [1.165, 1.54) is 0 Å². The van der Waals surface area contributed by atoms with Crippen molar-refractivity contribution >= 4 is 17.6 Å². The molecule has 1 N–H and O–H groups in total. The van der Waals surface area contributed by atoms with Gasteiger partial charge in [-0.3, -0.25) is 4.79 Å². The number of para-hydroxylation sites is 1. The van der Waals surface area contributed by atoms with E-state index < -0.39 is 5.97 Å². The normalized spacial score (nSPS) is 11.8. The number of carboxylic acids is 1. The molecule has 0 aromatic heterocycles. The second-order valence-corrected chi connectivity index (χ2v) is 4.91. The zero-order valence-corrected chi connectivity index (χ0v) is 11.6. The monoisotopic (exact) mass is 290 g/mol. The number of benzene rings is 2. The summed E-state index contributed by atoms with van der Waals surface area (Å²) < 4.78 is 5.72. The van der Waals surface area contributed by atoms with Crippen molar-refractivity contribution < 1.29 is 14.6 Å². The number of hydrogen-bond acceptors (Lipinski definition) is 2. The summed E-state index contributed by atoms with van der Waals surface area (Å²) >= 11 is 6.21. The first kappa shape index (κ1) is 14.4. The van der Waals surface area contributed by atoms with Crippen molar-refractivity contribution in [3.05, 3.63) is 60.2 Å². The van der Waals surface area contributed by atoms with Crippen LogP contribution >= 0.6 is 11.6 Å². The van der Waals surface area contributed by atoms with E-state index in [4.69, 9.17) is 21.4 Å². The Morgan fingerprint density at radius 1 is 1.10 bits per heavy atom. The van der Waals surface area contributed by atoms with Crippen LogP contribution in [0.15, 0.2) is 54.6 Å². The lowest BCUT2D eigenvalue weighted by atomic mass is 10.1. The molecule has 20 heavy (non-hydrogen) atoms. The van der Waals surface area contributed by atoms with Crippen molar-refractivity contribution in [2.75, 3.05) is 0 Å². The lowest BCUT2D eigenvalue weighted by Gasteiger charge is -2.11. The minimum Gasteiger partial charge on any atom is -0.481 e. The Kier molecular flexibility index (Phi) is 5.02. The summed E-state index contributed by atoms with van der Waals surface area (Å²) in [5.74, 6) is 0.600. The largest absolute Gasteiger partial charge is 0.481 e. The molecular formula is C16H15ClO3. The fourth-order valence-corrected chi connectivity index (χ4v) is 2.06. The maximum absolute atomic E-state index is 10.6. The van der Waals surface area contributed by atoms with Gasteiger partial charge in [-0.15, -0.1) is 11.6 Å². The van der Waals surface area contributed by atoms with Gasteiger partial charge in [0.05, 0.1) is 5.38 Å². The third-order valence-electron chi connectivity index (χ3n) is 2.81. The van der Waals surface area contributed by atoms with Crippen LogP contribution in [0.2, 0.25) is 0 Å². The van der Waals surface area contributed by atoms with E-state index in [2.05, 4.69) is 0 Å². The molecule has 1 atom stereocenters. The first-order chi connectivity index (χ1) is 9.65. The summed E-state index contributed by atoms with van der Waals surface area (Å²) in [4.78, 5) is 10.6. The zero-order chi connectivity index (χ0) is 14.4. The molecule has 2 aromatic rings. The summed E-state index contributed by atoms with van der Waals surface area (Å²) in [6.45, 7) is 0. The number of rotatable bonds is 6. The van der Waals surface area contributed by atoms with E-state index in [9.17, 15) is 4.79 Å². The van der Waals surface area contributed by atoms with Gasteiger partial charge in [0.15, 0.2) is 0 Å². The number of carbonyl (C=O) groups is 1. The quantitative estimate of drug-likeness (QED) is 0.789. The molecule has 0 fully saturated rings. The Morgan fingerprint density at radius 2 is 1.80 bits per heavy atom. The van der Waals surface area contributed by atoms with Crippen LogP contribution in [0.25, 0.3) is 0 Å². The molecule has 4 heteroatoms. The summed E-state index contributed by atoms with van der Waals surface area (Å²) in [5, 5.41) is 8.35. The van der Waals surface area contributed by atoms with Gasteiger partial charge in [-0.05, 0) is 36.2 Å². The molecule has 0 amide bonds. The van der Waals surface area contributed by atoms with E-state index in [-0.39, 0.29) is 11.8 Å². The topological polar surface area (TPSA) is 46.5 Å². The molecule has 3 nitrogen and oxygen atoms in total. The zero-order valence-electron chi connectivity index (χ0n) is 10.8. The van der Waals surface area contributed by atoms with Gasteiger partial charge < -0.3 is 9.84 Å². The highest BCUT2D eigenvalue weighted by Gasteiger charge is 2.11. The maximum atomic E-state index is 10.6. The Balaban J connectivity index is 2.05. The smallest absolute Gasteiger partial charge is 0.303 e. The van der Waals surface area contributed by atoms with Crippen LogP contribution in [0.1, 0.15) is 23.8 Å². The van der Waals surface area contributed by atoms with E-state index in [1.54, 1.807) is 0 Å². The van der Waals surface area contributed by atoms with E-state index in [0.717, 1.165) is 11.3 Å². The molecule has 0 bridgehead atoms. The fraction of sp³-hybridized carbons (Fsp3) is 0.188. The van der Waals surface area contributed by atoms with Gasteiger partial charge in [0.1, 0.15) is 11.5 Å². The van der Waals surface area contributed by atoms with Crippen LogP contribution in [0.3, 0.4) is 0 Å². The Hall–Kier alpha value is -2.00. The Bertz CT molecular complexity index is 569. The molecule has 2 aromatic carbocycles. The highest BCUT2D eigenvalue weighted by molar-refractivity contribution is 6.20. The molecule has 0 aliphatic rings. The molecule has 0 radical (unpaired) electrons. The maximum Gasteiger partial charge on any atom is 0.303 e. The van der Waals surface area contributed by atoms with E-state index in [0.29, 0.717) is 12.2 Å². The van der Waals surface area contributed by atoms with Gasteiger partial charge in [0.2, 0.25) is 0 Å². The first-order valence-electron chi connectivity index (χ1n) is 6.34. The van der Waals surface area contributed by atoms with Gasteiger partial charge in [-0.1, -0.05) is 30.3 Å². The first-order valence-corrected chi connectivity index (χ1v) is 6.77. The van der Waals surface area contributed by atoms with Gasteiger partial charge in [0.25, 0.3) is 0 Å². The fourth-order valence-electron chi connectivity index (χ4n) is 1.81. The van der Waals surface area contributed by atoms with Crippen LogP contribution in [-0.4, -0.2) is 11.1 Å². The van der Waals surface area contributed by atoms with Crippen LogP contribution in [0.5, 0.6) is 11.5 Å². The van der Waals surface area contributed by atoms with E-state index >= 15 is 0 Å². The molecule has 0 saturated carbocycles. The average molecular weight is 291 g/mol. The molecule has 104 valence electrons. The van der Waals surface area contributed by atoms with Crippen molar-refractivity contribution in [3.8, 4) is 11.5 Å².